The Bertz CT molecular complexity index is 308. The van der Waals surface area contributed by atoms with E-state index in [1.807, 2.05) is 13.8 Å². The largest absolute Gasteiger partial charge is 0.347 e. The second-order valence-electron chi connectivity index (χ2n) is 1.64. The van der Waals surface area contributed by atoms with Crippen LogP contribution in [0, 0.1) is 0 Å². The first kappa shape index (κ1) is 10.4. The molecule has 0 aliphatic carbocycles. The van der Waals surface area contributed by atoms with Gasteiger partial charge in [-0.25, -0.2) is 9.89 Å². The maximum atomic E-state index is 10.8. The van der Waals surface area contributed by atoms with Gasteiger partial charge < -0.3 is 0 Å². The van der Waals surface area contributed by atoms with Crippen molar-refractivity contribution in [2.45, 2.75) is 13.8 Å². The normalized spacial score (nSPS) is 8.17. The number of aromatic amines is 1. The molecule has 0 saturated heterocycles. The Kier molecular flexibility index (Phi) is 4.45. The Hall–Kier alpha value is -1.58. The number of nitrogens with zero attached hydrogens (tertiary/aromatic N) is 2. The van der Waals surface area contributed by atoms with Crippen LogP contribution >= 0.6 is 0 Å². The summed E-state index contributed by atoms with van der Waals surface area (Å²) < 4.78 is 1.27. The fraction of sp³-hybridized carbons (Fsp3) is 0.250. The minimum atomic E-state index is -0.301. The van der Waals surface area contributed by atoms with E-state index in [1.54, 1.807) is 0 Å². The Morgan fingerprint density at radius 2 is 2.08 bits per heavy atom. The Labute approximate surface area is 71.2 Å². The fourth-order valence-electron chi connectivity index (χ4n) is 0.637. The van der Waals surface area contributed by atoms with Crippen LogP contribution in [0.25, 0.3) is 12.3 Å². The van der Waals surface area contributed by atoms with Crippen molar-refractivity contribution < 1.29 is 0 Å². The maximum absolute atomic E-state index is 10.8. The highest BCUT2D eigenvalue weighted by molar-refractivity contribution is 5.40. The number of rotatable bonds is 2. The van der Waals surface area contributed by atoms with Crippen LogP contribution in [0.1, 0.15) is 19.7 Å². The summed E-state index contributed by atoms with van der Waals surface area (Å²) in [5, 5.41) is 5.90. The van der Waals surface area contributed by atoms with Crippen LogP contribution in [-0.2, 0) is 0 Å². The number of H-pyrrole nitrogens is 1. The van der Waals surface area contributed by atoms with E-state index in [4.69, 9.17) is 0 Å². The molecule has 0 radical (unpaired) electrons. The molecule has 0 fully saturated rings. The number of aromatic nitrogens is 3. The van der Waals surface area contributed by atoms with Gasteiger partial charge in [-0.15, -0.1) is 0 Å². The van der Waals surface area contributed by atoms with E-state index in [0.717, 1.165) is 0 Å². The summed E-state index contributed by atoms with van der Waals surface area (Å²) in [4.78, 5) is 10.8. The molecule has 0 atom stereocenters. The van der Waals surface area contributed by atoms with Gasteiger partial charge in [-0.3, -0.25) is 4.57 Å². The topological polar surface area (TPSA) is 50.7 Å². The molecule has 4 heteroatoms. The van der Waals surface area contributed by atoms with Gasteiger partial charge in [-0.2, -0.15) is 5.10 Å². The molecule has 4 nitrogen and oxygen atoms in total. The Morgan fingerprint density at radius 1 is 1.50 bits per heavy atom. The average molecular weight is 167 g/mol. The van der Waals surface area contributed by atoms with E-state index in [1.165, 1.54) is 16.8 Å². The Morgan fingerprint density at radius 3 is 2.42 bits per heavy atom. The third kappa shape index (κ3) is 1.95. The maximum Gasteiger partial charge on any atom is 0.347 e. The van der Waals surface area contributed by atoms with Crippen molar-refractivity contribution in [3.63, 3.8) is 0 Å². The lowest BCUT2D eigenvalue weighted by Gasteiger charge is -1.88. The molecular formula is C8H13N3O. The smallest absolute Gasteiger partial charge is 0.251 e. The van der Waals surface area contributed by atoms with Crippen LogP contribution in [-0.4, -0.2) is 14.8 Å². The molecule has 1 N–H and O–H groups in total. The first-order valence-corrected chi connectivity index (χ1v) is 3.71. The molecule has 66 valence electrons. The quantitative estimate of drug-likeness (QED) is 0.722. The Balaban J connectivity index is 0.000000561. The zero-order chi connectivity index (χ0) is 9.56. The van der Waals surface area contributed by atoms with E-state index >= 15 is 0 Å². The lowest BCUT2D eigenvalue weighted by Crippen LogP contribution is -2.11. The minimum absolute atomic E-state index is 0.301. The molecule has 12 heavy (non-hydrogen) atoms. The van der Waals surface area contributed by atoms with Gasteiger partial charge in [0.1, 0.15) is 0 Å². The van der Waals surface area contributed by atoms with Crippen molar-refractivity contribution in [1.82, 2.24) is 14.8 Å². The van der Waals surface area contributed by atoms with Crippen LogP contribution in [0.15, 0.2) is 18.0 Å². The van der Waals surface area contributed by atoms with Gasteiger partial charge in [0.15, 0.2) is 5.82 Å². The number of hydrogen-bond donors (Lipinski definition) is 1. The van der Waals surface area contributed by atoms with E-state index in [-0.39, 0.29) is 5.69 Å². The monoisotopic (exact) mass is 167 g/mol. The standard InChI is InChI=1S/C6H7N3O.C2H6/c1-3-5-7-8-6(10)9(5)4-2;1-2/h3-4H,1-2H2,(H,8,10);1-2H3. The fourth-order valence-corrected chi connectivity index (χ4v) is 0.637. The average Bonchev–Trinajstić information content (AvgIpc) is 2.49. The molecular weight excluding hydrogens is 154 g/mol. The minimum Gasteiger partial charge on any atom is -0.251 e. The van der Waals surface area contributed by atoms with Gasteiger partial charge in [0.25, 0.3) is 0 Å². The van der Waals surface area contributed by atoms with Crippen molar-refractivity contribution in [2.24, 2.45) is 0 Å². The van der Waals surface area contributed by atoms with E-state index in [9.17, 15) is 4.79 Å². The molecule has 0 bridgehead atoms. The summed E-state index contributed by atoms with van der Waals surface area (Å²) >= 11 is 0. The van der Waals surface area contributed by atoms with Crippen molar-refractivity contribution in [3.05, 3.63) is 29.5 Å². The molecule has 1 aromatic heterocycles. The summed E-state index contributed by atoms with van der Waals surface area (Å²) in [6, 6.07) is 0. The van der Waals surface area contributed by atoms with Crippen molar-refractivity contribution in [2.75, 3.05) is 0 Å². The van der Waals surface area contributed by atoms with Gasteiger partial charge in [-0.05, 0) is 6.08 Å². The van der Waals surface area contributed by atoms with Crippen molar-refractivity contribution >= 4 is 12.3 Å². The van der Waals surface area contributed by atoms with E-state index < -0.39 is 0 Å². The van der Waals surface area contributed by atoms with Crippen LogP contribution in [0.3, 0.4) is 0 Å². The molecule has 1 aromatic rings. The molecule has 1 rings (SSSR count). The summed E-state index contributed by atoms with van der Waals surface area (Å²) in [5.41, 5.74) is -0.301. The van der Waals surface area contributed by atoms with Crippen LogP contribution in [0.2, 0.25) is 0 Å². The molecule has 0 unspecified atom stereocenters. The van der Waals surface area contributed by atoms with Gasteiger partial charge in [0.2, 0.25) is 0 Å². The summed E-state index contributed by atoms with van der Waals surface area (Å²) in [5.74, 6) is 0.472. The van der Waals surface area contributed by atoms with Crippen molar-refractivity contribution in [3.8, 4) is 0 Å². The zero-order valence-corrected chi connectivity index (χ0v) is 7.37. The molecule has 0 saturated carbocycles. The van der Waals surface area contributed by atoms with Crippen LogP contribution in [0.4, 0.5) is 0 Å². The summed E-state index contributed by atoms with van der Waals surface area (Å²) in [6.45, 7) is 10.9. The molecule has 0 spiro atoms. The highest BCUT2D eigenvalue weighted by Crippen LogP contribution is 1.90. The lowest BCUT2D eigenvalue weighted by atomic mass is 10.6. The van der Waals surface area contributed by atoms with Crippen molar-refractivity contribution in [1.29, 1.82) is 0 Å². The van der Waals surface area contributed by atoms with E-state index in [0.29, 0.717) is 5.82 Å². The van der Waals surface area contributed by atoms with Gasteiger partial charge >= 0.3 is 5.69 Å². The predicted octanol–water partition coefficient (Wildman–Crippen LogP) is 1.34. The third-order valence-electron chi connectivity index (χ3n) is 1.10. The number of nitrogens with one attached hydrogen (secondary N) is 1. The van der Waals surface area contributed by atoms with Gasteiger partial charge in [0, 0.05) is 6.20 Å². The third-order valence-corrected chi connectivity index (χ3v) is 1.10. The lowest BCUT2D eigenvalue weighted by molar-refractivity contribution is 1.03. The van der Waals surface area contributed by atoms with Crippen LogP contribution < -0.4 is 5.69 Å². The second kappa shape index (κ2) is 5.12. The van der Waals surface area contributed by atoms with Crippen LogP contribution in [0.5, 0.6) is 0 Å². The molecule has 1 heterocycles. The SMILES string of the molecule is C=Cc1n[nH]c(=O)n1C=C.CC. The number of hydrogen-bond acceptors (Lipinski definition) is 2. The first-order chi connectivity index (χ1) is 5.79. The predicted molar refractivity (Wildman–Crippen MR) is 50.7 cm³/mol. The molecule has 0 aromatic carbocycles. The molecule has 0 aliphatic heterocycles. The molecule has 0 aliphatic rings. The van der Waals surface area contributed by atoms with Gasteiger partial charge in [-0.1, -0.05) is 27.0 Å². The molecule has 0 amide bonds. The highest BCUT2D eigenvalue weighted by atomic mass is 16.1. The summed E-state index contributed by atoms with van der Waals surface area (Å²) in [6.07, 6.45) is 2.85. The second-order valence-corrected chi connectivity index (χ2v) is 1.64. The summed E-state index contributed by atoms with van der Waals surface area (Å²) in [7, 11) is 0. The van der Waals surface area contributed by atoms with E-state index in [2.05, 4.69) is 23.4 Å². The zero-order valence-electron chi connectivity index (χ0n) is 7.37. The first-order valence-electron chi connectivity index (χ1n) is 3.71. The highest BCUT2D eigenvalue weighted by Gasteiger charge is 1.97. The van der Waals surface area contributed by atoms with Gasteiger partial charge in [0.05, 0.1) is 0 Å².